The SMILES string of the molecule is CC(Oc1ccc(-c2nc3ccc(Cl)cc3s2)cc1O)C(=O)O. The van der Waals surface area contributed by atoms with Crippen molar-refractivity contribution in [3.05, 3.63) is 41.4 Å². The third-order valence-corrected chi connectivity index (χ3v) is 4.51. The molecular weight excluding hydrogens is 338 g/mol. The number of benzene rings is 2. The lowest BCUT2D eigenvalue weighted by molar-refractivity contribution is -0.144. The van der Waals surface area contributed by atoms with Gasteiger partial charge in [0.1, 0.15) is 5.01 Å². The minimum absolute atomic E-state index is 0.118. The lowest BCUT2D eigenvalue weighted by atomic mass is 10.2. The number of ether oxygens (including phenoxy) is 1. The van der Waals surface area contributed by atoms with Gasteiger partial charge >= 0.3 is 5.97 Å². The summed E-state index contributed by atoms with van der Waals surface area (Å²) < 4.78 is 6.14. The molecule has 23 heavy (non-hydrogen) atoms. The molecule has 1 atom stereocenters. The molecule has 0 spiro atoms. The molecule has 1 unspecified atom stereocenters. The number of rotatable bonds is 4. The second-order valence-electron chi connectivity index (χ2n) is 4.91. The van der Waals surface area contributed by atoms with E-state index in [1.54, 1.807) is 12.1 Å². The Kier molecular flexibility index (Phi) is 4.11. The second kappa shape index (κ2) is 6.06. The summed E-state index contributed by atoms with van der Waals surface area (Å²) in [6.07, 6.45) is -1.05. The van der Waals surface area contributed by atoms with Crippen LogP contribution < -0.4 is 4.74 Å². The Morgan fingerprint density at radius 1 is 1.30 bits per heavy atom. The summed E-state index contributed by atoms with van der Waals surface area (Å²) in [5.41, 5.74) is 1.55. The van der Waals surface area contributed by atoms with Crippen LogP contribution in [-0.4, -0.2) is 27.3 Å². The van der Waals surface area contributed by atoms with Crippen molar-refractivity contribution in [1.29, 1.82) is 0 Å². The van der Waals surface area contributed by atoms with Gasteiger partial charge in [-0.25, -0.2) is 9.78 Å². The van der Waals surface area contributed by atoms with Crippen LogP contribution in [0, 0.1) is 0 Å². The highest BCUT2D eigenvalue weighted by Crippen LogP contribution is 2.36. The number of thiazole rings is 1. The molecule has 5 nitrogen and oxygen atoms in total. The van der Waals surface area contributed by atoms with Gasteiger partial charge < -0.3 is 14.9 Å². The maximum absolute atomic E-state index is 10.8. The zero-order valence-corrected chi connectivity index (χ0v) is 13.6. The van der Waals surface area contributed by atoms with Crippen LogP contribution in [0.15, 0.2) is 36.4 Å². The van der Waals surface area contributed by atoms with E-state index in [2.05, 4.69) is 4.98 Å². The average Bonchev–Trinajstić information content (AvgIpc) is 2.92. The largest absolute Gasteiger partial charge is 0.504 e. The van der Waals surface area contributed by atoms with Gasteiger partial charge in [-0.05, 0) is 43.3 Å². The number of fused-ring (bicyclic) bond motifs is 1. The molecule has 3 aromatic rings. The maximum atomic E-state index is 10.8. The van der Waals surface area contributed by atoms with Crippen molar-refractivity contribution in [1.82, 2.24) is 4.98 Å². The van der Waals surface area contributed by atoms with Crippen molar-refractivity contribution in [2.45, 2.75) is 13.0 Å². The highest BCUT2D eigenvalue weighted by molar-refractivity contribution is 7.21. The summed E-state index contributed by atoms with van der Waals surface area (Å²) in [6.45, 7) is 1.40. The van der Waals surface area contributed by atoms with E-state index in [-0.39, 0.29) is 11.5 Å². The van der Waals surface area contributed by atoms with Crippen molar-refractivity contribution in [3.63, 3.8) is 0 Å². The van der Waals surface area contributed by atoms with Gasteiger partial charge in [-0.15, -0.1) is 11.3 Å². The molecule has 0 saturated carbocycles. The normalized spacial score (nSPS) is 12.3. The predicted octanol–water partition coefficient (Wildman–Crippen LogP) is 4.17. The summed E-state index contributed by atoms with van der Waals surface area (Å²) in [5, 5.41) is 20.3. The molecular formula is C16H12ClNO4S. The number of nitrogens with zero attached hydrogens (tertiary/aromatic N) is 1. The van der Waals surface area contributed by atoms with Crippen molar-refractivity contribution in [3.8, 4) is 22.1 Å². The number of phenols is 1. The molecule has 1 aromatic heterocycles. The minimum atomic E-state index is -1.10. The van der Waals surface area contributed by atoms with Crippen molar-refractivity contribution in [2.75, 3.05) is 0 Å². The molecule has 2 aromatic carbocycles. The number of carbonyl (C=O) groups is 1. The monoisotopic (exact) mass is 349 g/mol. The summed E-state index contributed by atoms with van der Waals surface area (Å²) in [6, 6.07) is 10.2. The fraction of sp³-hybridized carbons (Fsp3) is 0.125. The van der Waals surface area contributed by atoms with Crippen molar-refractivity contribution >= 4 is 39.1 Å². The smallest absolute Gasteiger partial charge is 0.344 e. The van der Waals surface area contributed by atoms with Crippen LogP contribution in [-0.2, 0) is 4.79 Å². The average molecular weight is 350 g/mol. The molecule has 0 aliphatic carbocycles. The summed E-state index contributed by atoms with van der Waals surface area (Å²) >= 11 is 7.42. The van der Waals surface area contributed by atoms with Crippen molar-refractivity contribution in [2.24, 2.45) is 0 Å². The van der Waals surface area contributed by atoms with Crippen LogP contribution in [0.25, 0.3) is 20.8 Å². The van der Waals surface area contributed by atoms with Crippen molar-refractivity contribution < 1.29 is 19.7 Å². The van der Waals surface area contributed by atoms with Gasteiger partial charge in [0.25, 0.3) is 0 Å². The van der Waals surface area contributed by atoms with Crippen LogP contribution in [0.1, 0.15) is 6.92 Å². The van der Waals surface area contributed by atoms with Gasteiger partial charge in [0.05, 0.1) is 10.2 Å². The lowest BCUT2D eigenvalue weighted by Gasteiger charge is -2.12. The topological polar surface area (TPSA) is 79.7 Å². The molecule has 0 radical (unpaired) electrons. The van der Waals surface area contributed by atoms with E-state index in [0.717, 1.165) is 20.8 Å². The number of aromatic hydroxyl groups is 1. The van der Waals surface area contributed by atoms with Gasteiger partial charge in [-0.1, -0.05) is 11.6 Å². The van der Waals surface area contributed by atoms with Gasteiger partial charge in [-0.2, -0.15) is 0 Å². The Labute approximate surface area is 140 Å². The lowest BCUT2D eigenvalue weighted by Crippen LogP contribution is -2.22. The Hall–Kier alpha value is -2.31. The van der Waals surface area contributed by atoms with E-state index in [9.17, 15) is 9.90 Å². The highest BCUT2D eigenvalue weighted by atomic mass is 35.5. The zero-order chi connectivity index (χ0) is 16.6. The van der Waals surface area contributed by atoms with Crippen LogP contribution in [0.5, 0.6) is 11.5 Å². The zero-order valence-electron chi connectivity index (χ0n) is 12.0. The molecule has 0 fully saturated rings. The number of aliphatic carboxylic acids is 1. The van der Waals surface area contributed by atoms with Gasteiger partial charge in [0.15, 0.2) is 17.6 Å². The number of phenolic OH excluding ortho intramolecular Hbond substituents is 1. The molecule has 0 saturated heterocycles. The van der Waals surface area contributed by atoms with E-state index in [1.165, 1.54) is 30.4 Å². The van der Waals surface area contributed by atoms with Crippen LogP contribution in [0.3, 0.4) is 0 Å². The molecule has 2 N–H and O–H groups in total. The van der Waals surface area contributed by atoms with Gasteiger partial charge in [-0.3, -0.25) is 0 Å². The highest BCUT2D eigenvalue weighted by Gasteiger charge is 2.16. The molecule has 0 amide bonds. The first kappa shape index (κ1) is 15.6. The Bertz CT molecular complexity index is 893. The molecule has 0 aliphatic rings. The van der Waals surface area contributed by atoms with Gasteiger partial charge in [0.2, 0.25) is 0 Å². The fourth-order valence-corrected chi connectivity index (χ4v) is 3.25. The van der Waals surface area contributed by atoms with Crippen LogP contribution in [0.4, 0.5) is 0 Å². The van der Waals surface area contributed by atoms with E-state index in [0.29, 0.717) is 5.02 Å². The molecule has 3 rings (SSSR count). The number of halogens is 1. The maximum Gasteiger partial charge on any atom is 0.344 e. The minimum Gasteiger partial charge on any atom is -0.504 e. The van der Waals surface area contributed by atoms with E-state index >= 15 is 0 Å². The molecule has 1 heterocycles. The van der Waals surface area contributed by atoms with Crippen LogP contribution >= 0.6 is 22.9 Å². The Morgan fingerprint density at radius 2 is 2.09 bits per heavy atom. The number of aromatic nitrogens is 1. The van der Waals surface area contributed by atoms with E-state index in [4.69, 9.17) is 21.4 Å². The number of hydrogen-bond acceptors (Lipinski definition) is 5. The first-order chi connectivity index (χ1) is 10.9. The number of carboxylic acid groups (broad SMARTS) is 1. The second-order valence-corrected chi connectivity index (χ2v) is 6.38. The van der Waals surface area contributed by atoms with E-state index in [1.807, 2.05) is 12.1 Å². The summed E-state index contributed by atoms with van der Waals surface area (Å²) in [5.74, 6) is -1.11. The third-order valence-electron chi connectivity index (χ3n) is 3.21. The summed E-state index contributed by atoms with van der Waals surface area (Å²) in [4.78, 5) is 15.3. The van der Waals surface area contributed by atoms with Gasteiger partial charge in [0, 0.05) is 10.6 Å². The molecule has 118 valence electrons. The predicted molar refractivity (Wildman–Crippen MR) is 89.5 cm³/mol. The molecule has 0 aliphatic heterocycles. The number of carboxylic acids is 1. The quantitative estimate of drug-likeness (QED) is 0.738. The fourth-order valence-electron chi connectivity index (χ4n) is 2.01. The first-order valence-corrected chi connectivity index (χ1v) is 7.92. The summed E-state index contributed by atoms with van der Waals surface area (Å²) in [7, 11) is 0. The molecule has 7 heteroatoms. The number of hydrogen-bond donors (Lipinski definition) is 2. The molecule has 0 bridgehead atoms. The first-order valence-electron chi connectivity index (χ1n) is 6.73. The Morgan fingerprint density at radius 3 is 2.78 bits per heavy atom. The standard InChI is InChI=1S/C16H12ClNO4S/c1-8(16(20)21)22-13-5-2-9(6-12(13)19)15-18-11-4-3-10(17)7-14(11)23-15/h2-8,19H,1H3,(H,20,21). The van der Waals surface area contributed by atoms with E-state index < -0.39 is 12.1 Å². The Balaban J connectivity index is 1.93. The third kappa shape index (κ3) is 3.23. The van der Waals surface area contributed by atoms with Crippen LogP contribution in [0.2, 0.25) is 5.02 Å².